The zero-order valence-corrected chi connectivity index (χ0v) is 68.5. The Hall–Kier alpha value is -8.58. The number of aliphatic hydroxyl groups is 1. The van der Waals surface area contributed by atoms with E-state index in [1.807, 2.05) is 41.5 Å². The smallest absolute Gasteiger partial charge is 0.442 e. The van der Waals surface area contributed by atoms with Gasteiger partial charge in [-0.15, -0.1) is 10.2 Å². The Kier molecular flexibility index (Phi) is 36.5. The van der Waals surface area contributed by atoms with Crippen molar-refractivity contribution in [2.75, 3.05) is 62.5 Å². The normalized spacial score (nSPS) is 25.1. The number of nitrogens with one attached hydrogen (secondary N) is 5. The van der Waals surface area contributed by atoms with Crippen molar-refractivity contribution >= 4 is 76.9 Å². The van der Waals surface area contributed by atoms with E-state index in [-0.39, 0.29) is 99.1 Å². The van der Waals surface area contributed by atoms with Crippen LogP contribution in [0.15, 0.2) is 46.6 Å². The lowest BCUT2D eigenvalue weighted by Crippen LogP contribution is -2.64. The number of hydrogen-bond donors (Lipinski definition) is 6. The zero-order valence-electron chi connectivity index (χ0n) is 68.5. The first-order chi connectivity index (χ1) is 50.6. The Morgan fingerprint density at radius 3 is 1.45 bits per heavy atom. The van der Waals surface area contributed by atoms with E-state index in [1.165, 1.54) is 94.9 Å². The molecule has 2 aliphatic rings. The van der Waals surface area contributed by atoms with Crippen LogP contribution in [0.4, 0.5) is 13.2 Å². The molecule has 1 aromatic rings. The van der Waals surface area contributed by atoms with Gasteiger partial charge in [-0.25, -0.2) is 0 Å². The van der Waals surface area contributed by atoms with Crippen molar-refractivity contribution in [2.45, 2.75) is 260 Å². The van der Waals surface area contributed by atoms with Crippen LogP contribution < -0.4 is 26.6 Å². The van der Waals surface area contributed by atoms with Crippen molar-refractivity contribution in [3.05, 3.63) is 47.5 Å². The van der Waals surface area contributed by atoms with E-state index in [0.717, 1.165) is 26.8 Å². The Labute approximate surface area is 642 Å². The van der Waals surface area contributed by atoms with Gasteiger partial charge in [-0.2, -0.15) is 13.2 Å². The minimum absolute atomic E-state index is 0.0114. The van der Waals surface area contributed by atoms with Crippen LogP contribution >= 0.6 is 0 Å². The SMILES string of the molecule is C/C=C/C[C@@H](C)[C@@H](O)[C@H]1C(=O)N[C@@H](CC)C(=O)N(C)C(COC(=O)CCCCNC(=O)c2ccc(C3(C(F)(F)F)N=N3)cc2)C(=O)N(C)[C@@H](CC(C)C)C(=O)N[C@@H](C(C)C)C(=O)N(C)[C@@H](CC(C)C)C(=O)N[C@@H](C)C(=O)N[C@H](C)C(=O)N(C)[C@@H](CC(C)C)C(=O)N(C)[C@@H](CC(C)C)C(=O)N(C)[C@@H](C(C)C)C(=O)N1C. The van der Waals surface area contributed by atoms with Gasteiger partial charge in [0.1, 0.15) is 73.1 Å². The van der Waals surface area contributed by atoms with Crippen LogP contribution in [-0.2, 0) is 67.9 Å². The Morgan fingerprint density at radius 1 is 0.541 bits per heavy atom. The maximum atomic E-state index is 15.5. The molecular weight excluding hydrogens is 1420 g/mol. The molecule has 0 spiro atoms. The number of nitrogens with zero attached hydrogens (tertiary/aromatic N) is 9. The summed E-state index contributed by atoms with van der Waals surface area (Å²) in [4.78, 5) is 200. The first-order valence-corrected chi connectivity index (χ1v) is 38.0. The number of allylic oxidation sites excluding steroid dienone is 2. The van der Waals surface area contributed by atoms with Crippen LogP contribution in [0.5, 0.6) is 0 Å². The predicted molar refractivity (Wildman–Crippen MR) is 404 cm³/mol. The second-order valence-electron chi connectivity index (χ2n) is 31.7. The summed E-state index contributed by atoms with van der Waals surface area (Å²) in [5.41, 5.74) is -2.89. The number of alkyl halides is 3. The van der Waals surface area contributed by atoms with Gasteiger partial charge in [0.25, 0.3) is 5.91 Å². The molecule has 0 aliphatic carbocycles. The molecule has 1 unspecified atom stereocenters. The molecule has 109 heavy (non-hydrogen) atoms. The average molecular weight is 1540 g/mol. The second-order valence-corrected chi connectivity index (χ2v) is 31.7. The summed E-state index contributed by atoms with van der Waals surface area (Å²) >= 11 is 0. The fourth-order valence-electron chi connectivity index (χ4n) is 13.2. The number of hydrogen-bond acceptors (Lipinski definition) is 17. The molecule has 0 bridgehead atoms. The lowest BCUT2D eigenvalue weighted by Gasteiger charge is -2.41. The van der Waals surface area contributed by atoms with Gasteiger partial charge >= 0.3 is 17.8 Å². The predicted octanol–water partition coefficient (Wildman–Crippen LogP) is 5.96. The molecule has 0 aromatic heterocycles. The number of unbranched alkanes of at least 4 members (excludes halogenated alkanes) is 1. The molecule has 2 aliphatic heterocycles. The van der Waals surface area contributed by atoms with Crippen LogP contribution in [0.1, 0.15) is 191 Å². The van der Waals surface area contributed by atoms with Crippen LogP contribution in [-0.4, -0.2) is 257 Å². The number of benzene rings is 1. The van der Waals surface area contributed by atoms with Gasteiger partial charge in [-0.05, 0) is 126 Å². The van der Waals surface area contributed by atoms with Gasteiger partial charge in [-0.1, -0.05) is 121 Å². The van der Waals surface area contributed by atoms with Gasteiger partial charge < -0.3 is 70.7 Å². The third-order valence-corrected chi connectivity index (χ3v) is 20.1. The van der Waals surface area contributed by atoms with Crippen molar-refractivity contribution in [1.82, 2.24) is 60.9 Å². The molecule has 29 nitrogen and oxygen atoms in total. The number of carbonyl (C=O) groups is 13. The van der Waals surface area contributed by atoms with Crippen molar-refractivity contribution in [1.29, 1.82) is 0 Å². The van der Waals surface area contributed by atoms with Crippen molar-refractivity contribution in [3.8, 4) is 0 Å². The number of ether oxygens (including phenoxy) is 1. The van der Waals surface area contributed by atoms with Crippen LogP contribution in [0.2, 0.25) is 0 Å². The summed E-state index contributed by atoms with van der Waals surface area (Å²) in [6, 6.07) is -10.8. The molecule has 3 rings (SSSR count). The summed E-state index contributed by atoms with van der Waals surface area (Å²) in [5.74, 6) is -13.3. The fraction of sp³-hybridized carbons (Fsp3) is 0.727. The van der Waals surface area contributed by atoms with E-state index in [4.69, 9.17) is 4.74 Å². The fourth-order valence-corrected chi connectivity index (χ4v) is 13.2. The van der Waals surface area contributed by atoms with E-state index >= 15 is 33.6 Å². The number of likely N-dealkylation sites (N-methyl/N-ethyl adjacent to an activating group) is 7. The van der Waals surface area contributed by atoms with Gasteiger partial charge in [0.05, 0.1) is 6.10 Å². The molecule has 1 fully saturated rings. The molecule has 2 heterocycles. The first kappa shape index (κ1) is 94.6. The van der Waals surface area contributed by atoms with Crippen LogP contribution in [0, 0.1) is 41.4 Å². The van der Waals surface area contributed by atoms with Crippen molar-refractivity contribution in [3.63, 3.8) is 0 Å². The minimum Gasteiger partial charge on any atom is -0.463 e. The van der Waals surface area contributed by atoms with Crippen molar-refractivity contribution in [2.24, 2.45) is 51.7 Å². The lowest BCUT2D eigenvalue weighted by molar-refractivity contribution is -0.166. The zero-order chi connectivity index (χ0) is 83.3. The average Bonchev–Trinajstić information content (AvgIpc) is 1.58. The monoisotopic (exact) mass is 1540 g/mol. The van der Waals surface area contributed by atoms with Crippen LogP contribution in [0.25, 0.3) is 0 Å². The highest BCUT2D eigenvalue weighted by molar-refractivity contribution is 6.00. The van der Waals surface area contributed by atoms with E-state index in [0.29, 0.717) is 0 Å². The number of esters is 1. The molecule has 1 saturated heterocycles. The highest BCUT2D eigenvalue weighted by atomic mass is 19.4. The Bertz CT molecular complexity index is 3380. The van der Waals surface area contributed by atoms with Gasteiger partial charge in [-0.3, -0.25) is 62.3 Å². The molecule has 12 amide bonds. The number of amides is 12. The lowest BCUT2D eigenvalue weighted by atomic mass is 9.91. The summed E-state index contributed by atoms with van der Waals surface area (Å²) < 4.78 is 46.6. The molecule has 13 atom stereocenters. The van der Waals surface area contributed by atoms with E-state index < -0.39 is 186 Å². The summed E-state index contributed by atoms with van der Waals surface area (Å²) in [6.07, 6.45) is -2.65. The van der Waals surface area contributed by atoms with Gasteiger partial charge in [0.2, 0.25) is 65.0 Å². The van der Waals surface area contributed by atoms with Gasteiger partial charge in [0.15, 0.2) is 0 Å². The largest absolute Gasteiger partial charge is 0.463 e. The molecule has 6 N–H and O–H groups in total. The third kappa shape index (κ3) is 25.5. The summed E-state index contributed by atoms with van der Waals surface area (Å²) in [7, 11) is 9.39. The minimum atomic E-state index is -4.77. The van der Waals surface area contributed by atoms with Crippen molar-refractivity contribution < 1.29 is 85.3 Å². The molecule has 1 aromatic carbocycles. The molecule has 32 heteroatoms. The molecule has 0 saturated carbocycles. The van der Waals surface area contributed by atoms with Crippen LogP contribution in [0.3, 0.4) is 0 Å². The second kappa shape index (κ2) is 42.0. The molecule has 0 radical (unpaired) electrons. The topological polar surface area (TPSA) is 359 Å². The summed E-state index contributed by atoms with van der Waals surface area (Å²) in [6.45, 7) is 28.2. The first-order valence-electron chi connectivity index (χ1n) is 38.0. The van der Waals surface area contributed by atoms with Gasteiger partial charge in [0, 0.05) is 73.4 Å². The quantitative estimate of drug-likeness (QED) is 0.0395. The third-order valence-electron chi connectivity index (χ3n) is 20.1. The highest BCUT2D eigenvalue weighted by Gasteiger charge is 2.65. The number of carbonyl (C=O) groups excluding carboxylic acids is 13. The van der Waals surface area contributed by atoms with E-state index in [9.17, 15) is 47.0 Å². The Morgan fingerprint density at radius 2 is 0.982 bits per heavy atom. The maximum Gasteiger partial charge on any atom is 0.442 e. The Balaban J connectivity index is 2.31. The number of rotatable bonds is 24. The van der Waals surface area contributed by atoms with E-state index in [2.05, 4.69) is 36.8 Å². The number of aliphatic hydroxyl groups excluding tert-OH is 1. The summed E-state index contributed by atoms with van der Waals surface area (Å²) in [5, 5.41) is 32.3. The highest BCUT2D eigenvalue weighted by Crippen LogP contribution is 2.52. The molecule has 614 valence electrons. The number of halogens is 3. The standard InChI is InChI=1S/C77H125F3N14O15/c1-25-27-30-48(15)63(96)62-68(101)84-53(26-2)70(103)92(22)58(41-109-59(95)31-28-29-36-81-65(98)51-32-34-52(35-33-51)76(86-87-76)77(78,79)80)73(106)88(18)55(38-43(5)6)67(100)85-60(46(11)12)74(107)89(19)54(37-42(3)4)66(99)82-49(16)64(97)83-50(17)69(102)90(20)56(39-44(7)8)71(104)91(21)57(40-45(9)10)72(105)93(23)61(47(13)14)75(108)94(62)24/h25,27,32-35,42-50,53-58,60-63,96H,26,28-31,36-41H2,1-24H3,(H,81,98)(H,82,99)(H,83,97)(H,84,101)(H,85,100)/b27-25+/t48-,49+,50-,53+,54+,55+,56+,57+,58?,60+,61+,62+,63-/m1/s1. The molecular formula is C77H125F3N14O15. The van der Waals surface area contributed by atoms with E-state index in [1.54, 1.807) is 74.5 Å². The maximum absolute atomic E-state index is 15.5.